The van der Waals surface area contributed by atoms with Crippen LogP contribution in [0.15, 0.2) is 72.9 Å². The molecule has 0 aliphatic carbocycles. The van der Waals surface area contributed by atoms with Crippen molar-refractivity contribution >= 4 is 0 Å². The molecule has 0 unspecified atom stereocenters. The Morgan fingerprint density at radius 1 is 0.920 bits per heavy atom. The zero-order valence-electron chi connectivity index (χ0n) is 14.5. The van der Waals surface area contributed by atoms with Gasteiger partial charge in [0.25, 0.3) is 0 Å². The number of hydrogen-bond acceptors (Lipinski definition) is 3. The maximum Gasteiger partial charge on any atom is 0.141 e. The number of aryl methyl sites for hydroxylation is 1. The van der Waals surface area contributed by atoms with E-state index in [1.807, 2.05) is 55.5 Å². The second kappa shape index (κ2) is 10.3. The van der Waals surface area contributed by atoms with Gasteiger partial charge in [0, 0.05) is 19.6 Å². The zero-order chi connectivity index (χ0) is 17.9. The lowest BCUT2D eigenvalue weighted by Gasteiger charge is -2.07. The van der Waals surface area contributed by atoms with Crippen molar-refractivity contribution in [3.8, 4) is 0 Å². The molecular weight excluding hydrogens is 313 g/mol. The Bertz CT molecular complexity index is 746. The summed E-state index contributed by atoms with van der Waals surface area (Å²) in [6, 6.07) is 21.7. The Hall–Kier alpha value is -2.56. The van der Waals surface area contributed by atoms with Crippen molar-refractivity contribution in [2.75, 3.05) is 0 Å². The quantitative estimate of drug-likeness (QED) is 0.741. The molecule has 130 valence electrons. The number of pyridine rings is 1. The highest BCUT2D eigenvalue weighted by Crippen LogP contribution is 2.06. The molecule has 3 N–H and O–H groups in total. The van der Waals surface area contributed by atoms with Crippen LogP contribution in [0, 0.1) is 12.7 Å². The summed E-state index contributed by atoms with van der Waals surface area (Å²) in [6.45, 7) is 3.96. The standard InChI is InChI=1S/C14H15FN2.C7H9N/c1-11-7-13(15)9-17-14(11)10-16-8-12-5-3-2-4-6-12;8-6-7-4-2-1-3-5-7/h2-7,9,16H,8,10H2,1H3;1-5H,6,8H2. The molecule has 0 fully saturated rings. The van der Waals surface area contributed by atoms with E-state index in [-0.39, 0.29) is 5.82 Å². The highest BCUT2D eigenvalue weighted by atomic mass is 19.1. The van der Waals surface area contributed by atoms with Crippen molar-refractivity contribution in [1.82, 2.24) is 10.3 Å². The van der Waals surface area contributed by atoms with Crippen LogP contribution in [0.1, 0.15) is 22.4 Å². The summed E-state index contributed by atoms with van der Waals surface area (Å²) >= 11 is 0. The Morgan fingerprint density at radius 3 is 2.04 bits per heavy atom. The third kappa shape index (κ3) is 6.83. The van der Waals surface area contributed by atoms with Crippen LogP contribution < -0.4 is 11.1 Å². The molecular formula is C21H24FN3. The van der Waals surface area contributed by atoms with Crippen molar-refractivity contribution in [3.63, 3.8) is 0 Å². The van der Waals surface area contributed by atoms with Crippen molar-refractivity contribution in [1.29, 1.82) is 0 Å². The van der Waals surface area contributed by atoms with E-state index >= 15 is 0 Å². The van der Waals surface area contributed by atoms with Gasteiger partial charge in [-0.1, -0.05) is 60.7 Å². The van der Waals surface area contributed by atoms with Crippen LogP contribution in [0.5, 0.6) is 0 Å². The van der Waals surface area contributed by atoms with Crippen molar-refractivity contribution in [2.45, 2.75) is 26.6 Å². The van der Waals surface area contributed by atoms with Gasteiger partial charge in [-0.15, -0.1) is 0 Å². The molecule has 0 aliphatic rings. The highest BCUT2D eigenvalue weighted by Gasteiger charge is 2.01. The van der Waals surface area contributed by atoms with Gasteiger partial charge in [0.2, 0.25) is 0 Å². The predicted octanol–water partition coefficient (Wildman–Crippen LogP) is 3.96. The average Bonchev–Trinajstić information content (AvgIpc) is 2.66. The number of nitrogens with zero attached hydrogens (tertiary/aromatic N) is 1. The normalized spacial score (nSPS) is 10.0. The van der Waals surface area contributed by atoms with Crippen LogP contribution >= 0.6 is 0 Å². The largest absolute Gasteiger partial charge is 0.326 e. The summed E-state index contributed by atoms with van der Waals surface area (Å²) in [5, 5.41) is 3.29. The molecule has 0 saturated carbocycles. The molecule has 25 heavy (non-hydrogen) atoms. The first-order valence-electron chi connectivity index (χ1n) is 8.28. The molecule has 0 radical (unpaired) electrons. The number of benzene rings is 2. The Kier molecular flexibility index (Phi) is 7.76. The van der Waals surface area contributed by atoms with E-state index in [2.05, 4.69) is 22.4 Å². The van der Waals surface area contributed by atoms with Gasteiger partial charge < -0.3 is 11.1 Å². The topological polar surface area (TPSA) is 50.9 Å². The van der Waals surface area contributed by atoms with E-state index in [1.54, 1.807) is 0 Å². The molecule has 2 aromatic carbocycles. The van der Waals surface area contributed by atoms with Gasteiger partial charge in [-0.25, -0.2) is 4.39 Å². The molecule has 0 spiro atoms. The van der Waals surface area contributed by atoms with Gasteiger partial charge in [0.15, 0.2) is 0 Å². The average molecular weight is 337 g/mol. The molecule has 0 amide bonds. The fourth-order valence-electron chi connectivity index (χ4n) is 2.29. The van der Waals surface area contributed by atoms with Crippen LogP contribution in [0.25, 0.3) is 0 Å². The SMILES string of the molecule is Cc1cc(F)cnc1CNCc1ccccc1.NCc1ccccc1. The summed E-state index contributed by atoms with van der Waals surface area (Å²) in [4.78, 5) is 4.07. The maximum atomic E-state index is 12.9. The van der Waals surface area contributed by atoms with Crippen LogP contribution in [-0.2, 0) is 19.6 Å². The second-order valence-corrected chi connectivity index (χ2v) is 5.70. The van der Waals surface area contributed by atoms with Gasteiger partial charge in [0.1, 0.15) is 5.82 Å². The minimum atomic E-state index is -0.283. The van der Waals surface area contributed by atoms with Gasteiger partial charge in [-0.3, -0.25) is 4.98 Å². The Morgan fingerprint density at radius 2 is 1.52 bits per heavy atom. The lowest BCUT2D eigenvalue weighted by atomic mass is 10.2. The van der Waals surface area contributed by atoms with Gasteiger partial charge >= 0.3 is 0 Å². The predicted molar refractivity (Wildman–Crippen MR) is 100 cm³/mol. The molecule has 3 rings (SSSR count). The molecule has 3 aromatic rings. The van der Waals surface area contributed by atoms with Gasteiger partial charge in [0.05, 0.1) is 11.9 Å². The molecule has 0 atom stereocenters. The number of rotatable bonds is 5. The smallest absolute Gasteiger partial charge is 0.141 e. The minimum Gasteiger partial charge on any atom is -0.326 e. The molecule has 0 aliphatic heterocycles. The van der Waals surface area contributed by atoms with Crippen LogP contribution in [-0.4, -0.2) is 4.98 Å². The van der Waals surface area contributed by atoms with Crippen molar-refractivity contribution in [2.24, 2.45) is 5.73 Å². The van der Waals surface area contributed by atoms with Crippen molar-refractivity contribution in [3.05, 3.63) is 101 Å². The molecule has 3 nitrogen and oxygen atoms in total. The van der Waals surface area contributed by atoms with E-state index in [1.165, 1.54) is 23.4 Å². The fourth-order valence-corrected chi connectivity index (χ4v) is 2.29. The van der Waals surface area contributed by atoms with Crippen LogP contribution in [0.2, 0.25) is 0 Å². The van der Waals surface area contributed by atoms with E-state index < -0.39 is 0 Å². The second-order valence-electron chi connectivity index (χ2n) is 5.70. The van der Waals surface area contributed by atoms with Gasteiger partial charge in [-0.2, -0.15) is 0 Å². The van der Waals surface area contributed by atoms with Gasteiger partial charge in [-0.05, 0) is 29.7 Å². The zero-order valence-corrected chi connectivity index (χ0v) is 14.5. The monoisotopic (exact) mass is 337 g/mol. The maximum absolute atomic E-state index is 12.9. The first-order valence-corrected chi connectivity index (χ1v) is 8.28. The lowest BCUT2D eigenvalue weighted by Crippen LogP contribution is -2.14. The molecule has 4 heteroatoms. The number of nitrogens with one attached hydrogen (secondary N) is 1. The number of halogens is 1. The summed E-state index contributed by atoms with van der Waals surface area (Å²) in [7, 11) is 0. The first kappa shape index (κ1) is 18.8. The van der Waals surface area contributed by atoms with E-state index in [0.29, 0.717) is 13.1 Å². The number of nitrogens with two attached hydrogens (primary N) is 1. The van der Waals surface area contributed by atoms with E-state index in [0.717, 1.165) is 17.8 Å². The third-order valence-corrected chi connectivity index (χ3v) is 3.70. The summed E-state index contributed by atoms with van der Waals surface area (Å²) in [5.41, 5.74) is 9.54. The number of hydrogen-bond donors (Lipinski definition) is 2. The number of aromatic nitrogens is 1. The molecule has 0 bridgehead atoms. The fraction of sp³-hybridized carbons (Fsp3) is 0.190. The highest BCUT2D eigenvalue weighted by molar-refractivity contribution is 5.19. The Balaban J connectivity index is 0.000000236. The Labute approximate surface area is 148 Å². The summed E-state index contributed by atoms with van der Waals surface area (Å²) < 4.78 is 12.9. The van der Waals surface area contributed by atoms with E-state index in [4.69, 9.17) is 5.73 Å². The minimum absolute atomic E-state index is 0.283. The first-order chi connectivity index (χ1) is 12.2. The lowest BCUT2D eigenvalue weighted by molar-refractivity contribution is 0.611. The summed E-state index contributed by atoms with van der Waals surface area (Å²) in [6.07, 6.45) is 1.26. The van der Waals surface area contributed by atoms with Crippen LogP contribution in [0.3, 0.4) is 0 Å². The summed E-state index contributed by atoms with van der Waals surface area (Å²) in [5.74, 6) is -0.283. The molecule has 1 aromatic heterocycles. The van der Waals surface area contributed by atoms with Crippen LogP contribution in [0.4, 0.5) is 4.39 Å². The van der Waals surface area contributed by atoms with E-state index in [9.17, 15) is 4.39 Å². The molecule has 0 saturated heterocycles. The van der Waals surface area contributed by atoms with Crippen molar-refractivity contribution < 1.29 is 4.39 Å². The third-order valence-electron chi connectivity index (χ3n) is 3.70. The molecule has 1 heterocycles.